The van der Waals surface area contributed by atoms with E-state index in [4.69, 9.17) is 4.74 Å². The Balaban J connectivity index is 1.48. The van der Waals surface area contributed by atoms with Crippen LogP contribution in [0.3, 0.4) is 0 Å². The van der Waals surface area contributed by atoms with Gasteiger partial charge in [0.05, 0.1) is 12.2 Å². The monoisotopic (exact) mass is 346 g/mol. The van der Waals surface area contributed by atoms with Crippen LogP contribution in [0.5, 0.6) is 0 Å². The van der Waals surface area contributed by atoms with E-state index < -0.39 is 5.60 Å². The molecule has 4 saturated carbocycles. The van der Waals surface area contributed by atoms with Crippen molar-refractivity contribution in [1.29, 1.82) is 0 Å². The second-order valence-electron chi connectivity index (χ2n) is 9.85. The van der Waals surface area contributed by atoms with Crippen LogP contribution in [0.15, 0.2) is 11.6 Å². The van der Waals surface area contributed by atoms with E-state index in [1.54, 1.807) is 5.57 Å². The van der Waals surface area contributed by atoms with Gasteiger partial charge in [0.1, 0.15) is 0 Å². The van der Waals surface area contributed by atoms with Crippen molar-refractivity contribution in [3.05, 3.63) is 11.6 Å². The normalized spacial score (nSPS) is 51.0. The molecule has 0 heterocycles. The van der Waals surface area contributed by atoms with Crippen molar-refractivity contribution >= 4 is 0 Å². The summed E-state index contributed by atoms with van der Waals surface area (Å²) in [6.07, 6.45) is 14.0. The number of fused-ring (bicyclic) bond motifs is 5. The van der Waals surface area contributed by atoms with E-state index in [9.17, 15) is 5.11 Å². The quantitative estimate of drug-likeness (QED) is 0.698. The first kappa shape index (κ1) is 18.0. The SMILES string of the molecule is CC=C1CC[C@H]2[C@@H]3CC[C@@H]4C[C@](O)(COCC)CC[C@@H]4[C@H]3CC[C@]12C. The van der Waals surface area contributed by atoms with E-state index in [2.05, 4.69) is 19.9 Å². The molecule has 0 radical (unpaired) electrons. The Morgan fingerprint density at radius 2 is 1.88 bits per heavy atom. The van der Waals surface area contributed by atoms with Gasteiger partial charge in [0.2, 0.25) is 0 Å². The third-order valence-electron chi connectivity index (χ3n) is 8.88. The summed E-state index contributed by atoms with van der Waals surface area (Å²) in [7, 11) is 0. The first-order valence-electron chi connectivity index (χ1n) is 11.0. The Kier molecular flexibility index (Phi) is 4.82. The number of aliphatic hydroxyl groups is 1. The third-order valence-corrected chi connectivity index (χ3v) is 8.88. The van der Waals surface area contributed by atoms with Gasteiger partial charge in [-0.25, -0.2) is 0 Å². The van der Waals surface area contributed by atoms with Gasteiger partial charge in [0, 0.05) is 6.61 Å². The van der Waals surface area contributed by atoms with Crippen molar-refractivity contribution in [3.63, 3.8) is 0 Å². The smallest absolute Gasteiger partial charge is 0.0883 e. The van der Waals surface area contributed by atoms with Crippen LogP contribution in [0.25, 0.3) is 0 Å². The average Bonchev–Trinajstić information content (AvgIpc) is 2.96. The molecule has 25 heavy (non-hydrogen) atoms. The van der Waals surface area contributed by atoms with Crippen molar-refractivity contribution in [2.75, 3.05) is 13.2 Å². The largest absolute Gasteiger partial charge is 0.387 e. The minimum absolute atomic E-state index is 0.507. The lowest BCUT2D eigenvalue weighted by atomic mass is 9.49. The highest BCUT2D eigenvalue weighted by Gasteiger charge is 2.56. The lowest BCUT2D eigenvalue weighted by molar-refractivity contribution is -0.123. The average molecular weight is 347 g/mol. The fourth-order valence-corrected chi connectivity index (χ4v) is 7.71. The third kappa shape index (κ3) is 2.92. The van der Waals surface area contributed by atoms with Gasteiger partial charge in [-0.05, 0) is 107 Å². The van der Waals surface area contributed by atoms with Gasteiger partial charge >= 0.3 is 0 Å². The van der Waals surface area contributed by atoms with Gasteiger partial charge in [-0.3, -0.25) is 0 Å². The topological polar surface area (TPSA) is 29.5 Å². The van der Waals surface area contributed by atoms with Gasteiger partial charge in [-0.2, -0.15) is 0 Å². The van der Waals surface area contributed by atoms with Crippen molar-refractivity contribution in [2.45, 2.75) is 84.2 Å². The van der Waals surface area contributed by atoms with Crippen LogP contribution in [0, 0.1) is 35.0 Å². The molecule has 2 nitrogen and oxygen atoms in total. The summed E-state index contributed by atoms with van der Waals surface area (Å²) in [6, 6.07) is 0. The summed E-state index contributed by atoms with van der Waals surface area (Å²) >= 11 is 0. The Labute approximate surface area is 154 Å². The van der Waals surface area contributed by atoms with Crippen LogP contribution < -0.4 is 0 Å². The standard InChI is InChI=1S/C23H38O2/c1-4-17-7-9-21-20-8-6-16-14-23(24,15-25-5-2)13-11-18(16)19(20)10-12-22(17,21)3/h4,16,18-21,24H,5-15H2,1-3H3/t16-,18+,19-,20-,21+,22-,23+/m1/s1. The van der Waals surface area contributed by atoms with Crippen LogP contribution in [-0.2, 0) is 4.74 Å². The van der Waals surface area contributed by atoms with Gasteiger partial charge < -0.3 is 9.84 Å². The minimum atomic E-state index is -0.543. The zero-order valence-corrected chi connectivity index (χ0v) is 16.6. The van der Waals surface area contributed by atoms with E-state index in [0.717, 1.165) is 42.4 Å². The molecule has 0 aliphatic heterocycles. The molecule has 0 aromatic rings. The molecule has 2 heteroatoms. The molecular formula is C23H38O2. The fourth-order valence-electron chi connectivity index (χ4n) is 7.71. The van der Waals surface area contributed by atoms with Gasteiger partial charge in [0.15, 0.2) is 0 Å². The highest BCUT2D eigenvalue weighted by Crippen LogP contribution is 2.64. The molecule has 0 unspecified atom stereocenters. The summed E-state index contributed by atoms with van der Waals surface area (Å²) in [6.45, 7) is 8.12. The summed E-state index contributed by atoms with van der Waals surface area (Å²) < 4.78 is 5.60. The van der Waals surface area contributed by atoms with E-state index >= 15 is 0 Å². The molecule has 4 fully saturated rings. The zero-order chi connectivity index (χ0) is 17.7. The molecule has 4 aliphatic carbocycles. The number of hydrogen-bond acceptors (Lipinski definition) is 2. The highest BCUT2D eigenvalue weighted by molar-refractivity contribution is 5.23. The molecule has 1 N–H and O–H groups in total. The lowest BCUT2D eigenvalue weighted by Gasteiger charge is -2.56. The molecule has 7 atom stereocenters. The maximum Gasteiger partial charge on any atom is 0.0883 e. The molecule has 4 rings (SSSR count). The minimum Gasteiger partial charge on any atom is -0.387 e. The maximum atomic E-state index is 11.0. The second-order valence-corrected chi connectivity index (χ2v) is 9.85. The molecule has 0 amide bonds. The number of allylic oxidation sites excluding steroid dienone is 2. The molecular weight excluding hydrogens is 308 g/mol. The van der Waals surface area contributed by atoms with E-state index in [0.29, 0.717) is 18.6 Å². The van der Waals surface area contributed by atoms with Crippen LogP contribution in [0.4, 0.5) is 0 Å². The summed E-state index contributed by atoms with van der Waals surface area (Å²) in [4.78, 5) is 0. The first-order chi connectivity index (χ1) is 12.0. The van der Waals surface area contributed by atoms with Crippen LogP contribution >= 0.6 is 0 Å². The predicted molar refractivity (Wildman–Crippen MR) is 102 cm³/mol. The number of hydrogen-bond donors (Lipinski definition) is 1. The van der Waals surface area contributed by atoms with E-state index in [1.165, 1.54) is 44.9 Å². The van der Waals surface area contributed by atoms with Crippen LogP contribution in [0.1, 0.15) is 78.6 Å². The second kappa shape index (κ2) is 6.68. The van der Waals surface area contributed by atoms with Crippen molar-refractivity contribution in [2.24, 2.45) is 35.0 Å². The van der Waals surface area contributed by atoms with Crippen molar-refractivity contribution in [1.82, 2.24) is 0 Å². The zero-order valence-electron chi connectivity index (χ0n) is 16.6. The van der Waals surface area contributed by atoms with E-state index in [-0.39, 0.29) is 0 Å². The number of rotatable bonds is 3. The van der Waals surface area contributed by atoms with E-state index in [1.807, 2.05) is 6.92 Å². The lowest BCUT2D eigenvalue weighted by Crippen LogP contribution is -2.51. The Morgan fingerprint density at radius 3 is 2.64 bits per heavy atom. The van der Waals surface area contributed by atoms with Crippen molar-refractivity contribution < 1.29 is 9.84 Å². The summed E-state index contributed by atoms with van der Waals surface area (Å²) in [5, 5.41) is 11.0. The molecule has 0 spiro atoms. The highest BCUT2D eigenvalue weighted by atomic mass is 16.5. The molecule has 0 bridgehead atoms. The summed E-state index contributed by atoms with van der Waals surface area (Å²) in [5.74, 6) is 4.44. The molecule has 142 valence electrons. The molecule has 4 aliphatic rings. The Morgan fingerprint density at radius 1 is 1.08 bits per heavy atom. The fraction of sp³-hybridized carbons (Fsp3) is 0.913. The summed E-state index contributed by atoms with van der Waals surface area (Å²) in [5.41, 5.74) is 1.72. The van der Waals surface area contributed by atoms with Gasteiger partial charge in [0.25, 0.3) is 0 Å². The van der Waals surface area contributed by atoms with Gasteiger partial charge in [-0.15, -0.1) is 0 Å². The first-order valence-corrected chi connectivity index (χ1v) is 11.0. The predicted octanol–water partition coefficient (Wildman–Crippen LogP) is 5.35. The number of ether oxygens (including phenoxy) is 1. The van der Waals surface area contributed by atoms with Gasteiger partial charge in [-0.1, -0.05) is 18.6 Å². The Hall–Kier alpha value is -0.340. The van der Waals surface area contributed by atoms with Crippen LogP contribution in [-0.4, -0.2) is 23.9 Å². The molecule has 0 aromatic carbocycles. The molecule has 0 aromatic heterocycles. The van der Waals surface area contributed by atoms with Crippen LogP contribution in [0.2, 0.25) is 0 Å². The molecule has 0 saturated heterocycles. The van der Waals surface area contributed by atoms with Crippen molar-refractivity contribution in [3.8, 4) is 0 Å². The maximum absolute atomic E-state index is 11.0. The Bertz CT molecular complexity index is 526.